The molecular weight excluding hydrogens is 642 g/mol. The van der Waals surface area contributed by atoms with Crippen LogP contribution in [0.15, 0.2) is 48.9 Å². The molecule has 5 saturated carbocycles. The molecule has 5 aliphatic carbocycles. The highest BCUT2D eigenvalue weighted by Crippen LogP contribution is 2.58. The molecule has 10 nitrogen and oxygen atoms in total. The van der Waals surface area contributed by atoms with Crippen LogP contribution in [-0.2, 0) is 15.7 Å². The third kappa shape index (κ3) is 6.88. The summed E-state index contributed by atoms with van der Waals surface area (Å²) < 4.78 is 7.66. The number of aliphatic hydroxyl groups is 1. The van der Waals surface area contributed by atoms with Crippen LogP contribution in [0.2, 0.25) is 0 Å². The summed E-state index contributed by atoms with van der Waals surface area (Å²) in [5, 5.41) is 23.9. The fourth-order valence-corrected chi connectivity index (χ4v) is 9.71. The average Bonchev–Trinajstić information content (AvgIpc) is 3.65. The van der Waals surface area contributed by atoms with Gasteiger partial charge in [-0.25, -0.2) is 9.78 Å². The van der Waals surface area contributed by atoms with Crippen LogP contribution in [0, 0.1) is 18.3 Å². The van der Waals surface area contributed by atoms with Crippen LogP contribution >= 0.6 is 0 Å². The summed E-state index contributed by atoms with van der Waals surface area (Å²) in [6, 6.07) is 10.6. The van der Waals surface area contributed by atoms with Crippen LogP contribution < -0.4 is 9.64 Å². The molecular formula is C41H55N5O5. The molecule has 1 aromatic carbocycles. The van der Waals surface area contributed by atoms with E-state index in [1.165, 1.54) is 22.4 Å². The lowest BCUT2D eigenvalue weighted by Gasteiger charge is -2.55. The minimum absolute atomic E-state index is 0.0297. The summed E-state index contributed by atoms with van der Waals surface area (Å²) in [6.45, 7) is 5.31. The molecule has 2 heterocycles. The molecule has 0 spiro atoms. The summed E-state index contributed by atoms with van der Waals surface area (Å²) in [5.41, 5.74) is 4.91. The van der Waals surface area contributed by atoms with E-state index in [9.17, 15) is 19.8 Å². The molecule has 0 saturated heterocycles. The Morgan fingerprint density at radius 1 is 0.980 bits per heavy atom. The number of benzene rings is 1. The van der Waals surface area contributed by atoms with Gasteiger partial charge in [0.1, 0.15) is 11.6 Å². The lowest BCUT2D eigenvalue weighted by Crippen LogP contribution is -2.52. The van der Waals surface area contributed by atoms with Gasteiger partial charge in [0.2, 0.25) is 5.91 Å². The molecule has 274 valence electrons. The number of carbonyl (C=O) groups is 2. The van der Waals surface area contributed by atoms with Gasteiger partial charge in [0.05, 0.1) is 18.8 Å². The highest BCUT2D eigenvalue weighted by Gasteiger charge is 2.51. The van der Waals surface area contributed by atoms with E-state index in [0.29, 0.717) is 51.0 Å². The second-order valence-corrected chi connectivity index (χ2v) is 16.4. The van der Waals surface area contributed by atoms with E-state index in [1.807, 2.05) is 23.4 Å². The number of hydrogen-bond acceptors (Lipinski definition) is 6. The third-order valence-corrected chi connectivity index (χ3v) is 13.4. The van der Waals surface area contributed by atoms with Gasteiger partial charge in [-0.3, -0.25) is 14.4 Å². The van der Waals surface area contributed by atoms with Gasteiger partial charge in [0.15, 0.2) is 0 Å². The lowest BCUT2D eigenvalue weighted by molar-refractivity contribution is -0.124. The second-order valence-electron chi connectivity index (χ2n) is 16.4. The van der Waals surface area contributed by atoms with Gasteiger partial charge in [-0.2, -0.15) is 5.10 Å². The van der Waals surface area contributed by atoms with Crippen molar-refractivity contribution in [3.63, 3.8) is 0 Å². The number of aryl methyl sites for hydroxylation is 1. The monoisotopic (exact) mass is 697 g/mol. The van der Waals surface area contributed by atoms with Crippen LogP contribution in [0.5, 0.6) is 5.75 Å². The van der Waals surface area contributed by atoms with Crippen LogP contribution in [0.4, 0.5) is 10.6 Å². The smallest absolute Gasteiger partial charge is 0.407 e. The molecule has 2 aromatic heterocycles. The number of aliphatic hydroxyl groups excluding tert-OH is 1. The molecule has 3 aromatic rings. The van der Waals surface area contributed by atoms with Gasteiger partial charge >= 0.3 is 6.09 Å². The molecule has 5 aliphatic rings. The molecule has 0 aliphatic heterocycles. The molecule has 2 N–H and O–H groups in total. The molecule has 0 radical (unpaired) electrons. The number of anilines is 1. The Morgan fingerprint density at radius 3 is 2.31 bits per heavy atom. The predicted octanol–water partition coefficient (Wildman–Crippen LogP) is 7.71. The van der Waals surface area contributed by atoms with Crippen LogP contribution in [0.1, 0.15) is 108 Å². The van der Waals surface area contributed by atoms with Crippen molar-refractivity contribution in [2.75, 3.05) is 31.7 Å². The van der Waals surface area contributed by atoms with Crippen LogP contribution in [0.25, 0.3) is 11.1 Å². The third-order valence-electron chi connectivity index (χ3n) is 13.4. The minimum atomic E-state index is -0.954. The minimum Gasteiger partial charge on any atom is -0.496 e. The first kappa shape index (κ1) is 35.5. The normalized spacial score (nSPS) is 26.7. The Kier molecular flexibility index (Phi) is 9.91. The van der Waals surface area contributed by atoms with Crippen molar-refractivity contribution in [3.8, 4) is 16.9 Å². The van der Waals surface area contributed by atoms with Gasteiger partial charge in [-0.1, -0.05) is 12.1 Å². The van der Waals surface area contributed by atoms with E-state index >= 15 is 0 Å². The quantitative estimate of drug-likeness (QED) is 0.199. The summed E-state index contributed by atoms with van der Waals surface area (Å²) in [4.78, 5) is 35.1. The molecule has 2 amide bonds. The standard InChI is InChI=1S/C41H55N5O5/c1-29-24-33(8-11-35(29)51-3)41-18-15-40(16-19-41,17-20-41)28-45(37(48)30-6-9-34(10-7-30)44(38(49)50)22-5-23-47)36-25-31(12-21-42-36)32-26-43-46(27-32)39(2)13-4-14-39/h8,11-12,21,24-27,30,34,47H,4-7,9-10,13-20,22-23,28H2,1-3H3,(H,49,50)/t30-,34-,40?,41?. The maximum absolute atomic E-state index is 14.7. The fraction of sp³-hybridized carbons (Fsp3) is 0.610. The summed E-state index contributed by atoms with van der Waals surface area (Å²) in [7, 11) is 1.73. The number of fused-ring (bicyclic) bond motifs is 3. The van der Waals surface area contributed by atoms with Crippen molar-refractivity contribution < 1.29 is 24.5 Å². The molecule has 51 heavy (non-hydrogen) atoms. The Morgan fingerprint density at radius 2 is 1.71 bits per heavy atom. The van der Waals surface area contributed by atoms with E-state index in [2.05, 4.69) is 49.0 Å². The zero-order valence-corrected chi connectivity index (χ0v) is 30.6. The van der Waals surface area contributed by atoms with Crippen molar-refractivity contribution in [1.29, 1.82) is 0 Å². The zero-order valence-electron chi connectivity index (χ0n) is 30.6. The Balaban J connectivity index is 1.13. The average molecular weight is 698 g/mol. The lowest BCUT2D eigenvalue weighted by atomic mass is 9.51. The maximum atomic E-state index is 14.7. The predicted molar refractivity (Wildman–Crippen MR) is 197 cm³/mol. The van der Waals surface area contributed by atoms with Gasteiger partial charge in [0.25, 0.3) is 0 Å². The van der Waals surface area contributed by atoms with E-state index in [-0.39, 0.29) is 40.8 Å². The second kappa shape index (κ2) is 14.2. The number of methoxy groups -OCH3 is 1. The first-order valence-corrected chi connectivity index (χ1v) is 19.2. The molecule has 0 atom stereocenters. The van der Waals surface area contributed by atoms with Gasteiger partial charge in [0, 0.05) is 49.6 Å². The molecule has 8 rings (SSSR count). The van der Waals surface area contributed by atoms with Gasteiger partial charge in [-0.05, 0) is 149 Å². The number of aromatic nitrogens is 3. The zero-order chi connectivity index (χ0) is 35.8. The van der Waals surface area contributed by atoms with Crippen LogP contribution in [0.3, 0.4) is 0 Å². The largest absolute Gasteiger partial charge is 0.496 e. The highest BCUT2D eigenvalue weighted by atomic mass is 16.5. The Hall–Kier alpha value is -3.92. The van der Waals surface area contributed by atoms with Crippen molar-refractivity contribution in [1.82, 2.24) is 19.7 Å². The number of nitrogens with zero attached hydrogens (tertiary/aromatic N) is 5. The number of ether oxygens (including phenoxy) is 1. The molecule has 10 heteroatoms. The maximum Gasteiger partial charge on any atom is 0.407 e. The summed E-state index contributed by atoms with van der Waals surface area (Å²) >= 11 is 0. The van der Waals surface area contributed by atoms with Gasteiger partial charge in [-0.15, -0.1) is 0 Å². The number of amides is 2. The Labute approximate surface area is 302 Å². The van der Waals surface area contributed by atoms with Gasteiger partial charge < -0.3 is 19.8 Å². The van der Waals surface area contributed by atoms with E-state index in [4.69, 9.17) is 14.8 Å². The van der Waals surface area contributed by atoms with Crippen molar-refractivity contribution >= 4 is 17.8 Å². The number of carboxylic acid groups (broad SMARTS) is 1. The topological polar surface area (TPSA) is 121 Å². The van der Waals surface area contributed by atoms with Crippen LogP contribution in [-0.4, -0.2) is 74.7 Å². The molecule has 5 fully saturated rings. The SMILES string of the molecule is COc1ccc(C23CCC(CN(c4cc(-c5cnn(C6(C)CCC6)c5)ccn4)C(=O)[C@H]4CC[C@H](N(CCCO)C(=O)O)CC4)(CC2)CC3)cc1C. The first-order valence-electron chi connectivity index (χ1n) is 19.2. The number of rotatable bonds is 12. The van der Waals surface area contributed by atoms with Crippen molar-refractivity contribution in [3.05, 3.63) is 60.0 Å². The first-order chi connectivity index (χ1) is 24.6. The fourth-order valence-electron chi connectivity index (χ4n) is 9.71. The summed E-state index contributed by atoms with van der Waals surface area (Å²) in [5.74, 6) is 1.54. The molecule has 2 bridgehead atoms. The van der Waals surface area contributed by atoms with E-state index in [1.54, 1.807) is 7.11 Å². The summed E-state index contributed by atoms with van der Waals surface area (Å²) in [6.07, 6.45) is 17.9. The molecule has 0 unspecified atom stereocenters. The van der Waals surface area contributed by atoms with E-state index in [0.717, 1.165) is 68.2 Å². The number of pyridine rings is 1. The van der Waals surface area contributed by atoms with Crippen molar-refractivity contribution in [2.45, 2.75) is 121 Å². The Bertz CT molecular complexity index is 1700. The van der Waals surface area contributed by atoms with E-state index < -0.39 is 6.09 Å². The number of hydrogen-bond donors (Lipinski definition) is 2. The highest BCUT2D eigenvalue weighted by molar-refractivity contribution is 5.95. The number of carbonyl (C=O) groups excluding carboxylic acids is 1. The van der Waals surface area contributed by atoms with Crippen molar-refractivity contribution in [2.24, 2.45) is 11.3 Å².